The molecule has 2 heterocycles. The van der Waals surface area contributed by atoms with Gasteiger partial charge < -0.3 is 9.47 Å². The van der Waals surface area contributed by atoms with Crippen molar-refractivity contribution in [2.75, 3.05) is 13.1 Å². The highest BCUT2D eigenvalue weighted by Gasteiger charge is 2.19. The van der Waals surface area contributed by atoms with Crippen molar-refractivity contribution in [3.63, 3.8) is 0 Å². The maximum Gasteiger partial charge on any atom is 0.222 e. The monoisotopic (exact) mass is 343 g/mol. The Kier molecular flexibility index (Phi) is 5.19. The van der Waals surface area contributed by atoms with Crippen LogP contribution in [0.2, 0.25) is 0 Å². The van der Waals surface area contributed by atoms with E-state index in [0.29, 0.717) is 5.91 Å². The maximum atomic E-state index is 11.7. The van der Waals surface area contributed by atoms with Crippen LogP contribution < -0.4 is 4.80 Å². The van der Waals surface area contributed by atoms with Gasteiger partial charge in [-0.1, -0.05) is 6.07 Å². The SMILES string of the molecule is Cc1cc(C)cc(N=c2scc(C)n2CCCN2CCCC2=O)c1. The summed E-state index contributed by atoms with van der Waals surface area (Å²) < 4.78 is 2.27. The summed E-state index contributed by atoms with van der Waals surface area (Å²) in [6.07, 6.45) is 2.71. The Balaban J connectivity index is 1.75. The van der Waals surface area contributed by atoms with Crippen LogP contribution >= 0.6 is 11.3 Å². The molecule has 24 heavy (non-hydrogen) atoms. The quantitative estimate of drug-likeness (QED) is 0.815. The lowest BCUT2D eigenvalue weighted by molar-refractivity contribution is -0.127. The second kappa shape index (κ2) is 7.34. The largest absolute Gasteiger partial charge is 0.343 e. The molecule has 1 aromatic carbocycles. The molecule has 128 valence electrons. The number of amides is 1. The summed E-state index contributed by atoms with van der Waals surface area (Å²) >= 11 is 1.68. The van der Waals surface area contributed by atoms with E-state index < -0.39 is 0 Å². The Morgan fingerprint density at radius 2 is 1.88 bits per heavy atom. The zero-order valence-corrected chi connectivity index (χ0v) is 15.5. The molecule has 3 rings (SSSR count). The van der Waals surface area contributed by atoms with Crippen LogP contribution in [0.4, 0.5) is 5.69 Å². The van der Waals surface area contributed by atoms with Crippen molar-refractivity contribution in [2.45, 2.75) is 46.6 Å². The highest BCUT2D eigenvalue weighted by Crippen LogP contribution is 2.17. The molecular formula is C19H25N3OS. The third kappa shape index (κ3) is 3.96. The number of hydrogen-bond donors (Lipinski definition) is 0. The standard InChI is InChI=1S/C19H25N3OS/c1-14-10-15(2)12-17(11-14)20-19-22(16(3)13-24-19)9-5-8-21-7-4-6-18(21)23/h10-13H,4-9H2,1-3H3. The average Bonchev–Trinajstić information content (AvgIpc) is 3.06. The van der Waals surface area contributed by atoms with Crippen molar-refractivity contribution in [3.05, 3.63) is 45.2 Å². The van der Waals surface area contributed by atoms with Crippen molar-refractivity contribution in [3.8, 4) is 0 Å². The molecule has 0 unspecified atom stereocenters. The second-order valence-corrected chi connectivity index (χ2v) is 7.44. The van der Waals surface area contributed by atoms with E-state index in [2.05, 4.69) is 48.9 Å². The van der Waals surface area contributed by atoms with Crippen molar-refractivity contribution >= 4 is 22.9 Å². The number of thiazole rings is 1. The minimum atomic E-state index is 0.308. The Morgan fingerprint density at radius 1 is 1.12 bits per heavy atom. The van der Waals surface area contributed by atoms with Gasteiger partial charge in [-0.05, 0) is 56.9 Å². The van der Waals surface area contributed by atoms with E-state index in [1.54, 1.807) is 11.3 Å². The molecule has 2 aromatic rings. The second-order valence-electron chi connectivity index (χ2n) is 6.61. The topological polar surface area (TPSA) is 37.6 Å². The van der Waals surface area contributed by atoms with Crippen LogP contribution in [0.1, 0.15) is 36.1 Å². The summed E-state index contributed by atoms with van der Waals surface area (Å²) in [6, 6.07) is 6.41. The summed E-state index contributed by atoms with van der Waals surface area (Å²) in [7, 11) is 0. The molecule has 0 atom stereocenters. The number of benzene rings is 1. The molecule has 0 spiro atoms. The Labute approximate surface area is 147 Å². The predicted molar refractivity (Wildman–Crippen MR) is 98.6 cm³/mol. The van der Waals surface area contributed by atoms with Gasteiger partial charge in [0.15, 0.2) is 4.80 Å². The zero-order chi connectivity index (χ0) is 17.1. The molecule has 1 aliphatic heterocycles. The Bertz CT molecular complexity index is 783. The lowest BCUT2D eigenvalue weighted by atomic mass is 10.1. The van der Waals surface area contributed by atoms with Crippen molar-refractivity contribution < 1.29 is 4.79 Å². The van der Waals surface area contributed by atoms with Crippen LogP contribution in [-0.2, 0) is 11.3 Å². The first-order chi connectivity index (χ1) is 11.5. The Morgan fingerprint density at radius 3 is 2.54 bits per heavy atom. The molecule has 1 amide bonds. The highest BCUT2D eigenvalue weighted by molar-refractivity contribution is 7.07. The first kappa shape index (κ1) is 17.0. The third-order valence-corrected chi connectivity index (χ3v) is 5.39. The molecule has 0 bridgehead atoms. The van der Waals surface area contributed by atoms with Gasteiger partial charge in [0, 0.05) is 37.1 Å². The lowest BCUT2D eigenvalue weighted by Gasteiger charge is -2.15. The zero-order valence-electron chi connectivity index (χ0n) is 14.7. The lowest BCUT2D eigenvalue weighted by Crippen LogP contribution is -2.27. The Hall–Kier alpha value is -1.88. The van der Waals surface area contributed by atoms with E-state index in [1.165, 1.54) is 16.8 Å². The average molecular weight is 343 g/mol. The van der Waals surface area contributed by atoms with Crippen molar-refractivity contribution in [1.29, 1.82) is 0 Å². The number of rotatable bonds is 5. The van der Waals surface area contributed by atoms with Gasteiger partial charge in [-0.25, -0.2) is 4.99 Å². The van der Waals surface area contributed by atoms with Crippen molar-refractivity contribution in [1.82, 2.24) is 9.47 Å². The highest BCUT2D eigenvalue weighted by atomic mass is 32.1. The van der Waals surface area contributed by atoms with Gasteiger partial charge in [-0.3, -0.25) is 4.79 Å². The fourth-order valence-electron chi connectivity index (χ4n) is 3.26. The molecule has 1 aliphatic rings. The van der Waals surface area contributed by atoms with Crippen LogP contribution in [0.3, 0.4) is 0 Å². The number of hydrogen-bond acceptors (Lipinski definition) is 3. The van der Waals surface area contributed by atoms with E-state index in [4.69, 9.17) is 4.99 Å². The predicted octanol–water partition coefficient (Wildman–Crippen LogP) is 3.72. The first-order valence-corrected chi connectivity index (χ1v) is 9.46. The van der Waals surface area contributed by atoms with Crippen LogP contribution in [-0.4, -0.2) is 28.5 Å². The molecular weight excluding hydrogens is 318 g/mol. The summed E-state index contributed by atoms with van der Waals surface area (Å²) in [5, 5.41) is 2.16. The molecule has 1 fully saturated rings. The van der Waals surface area contributed by atoms with E-state index in [0.717, 1.165) is 49.4 Å². The summed E-state index contributed by atoms with van der Waals surface area (Å²) in [5.74, 6) is 0.308. The van der Waals surface area contributed by atoms with Crippen LogP contribution in [0.15, 0.2) is 28.6 Å². The third-order valence-electron chi connectivity index (χ3n) is 4.40. The van der Waals surface area contributed by atoms with Crippen molar-refractivity contribution in [2.24, 2.45) is 4.99 Å². The molecule has 0 radical (unpaired) electrons. The van der Waals surface area contributed by atoms with E-state index in [1.807, 2.05) is 4.90 Å². The van der Waals surface area contributed by atoms with E-state index in [-0.39, 0.29) is 0 Å². The van der Waals surface area contributed by atoms with Gasteiger partial charge in [0.2, 0.25) is 5.91 Å². The number of carbonyl (C=O) groups is 1. The molecule has 5 heteroatoms. The smallest absolute Gasteiger partial charge is 0.222 e. The summed E-state index contributed by atoms with van der Waals surface area (Å²) in [4.78, 5) is 19.6. The number of aryl methyl sites for hydroxylation is 3. The van der Waals surface area contributed by atoms with E-state index in [9.17, 15) is 4.79 Å². The van der Waals surface area contributed by atoms with Crippen LogP contribution in [0, 0.1) is 20.8 Å². The van der Waals surface area contributed by atoms with Crippen LogP contribution in [0.5, 0.6) is 0 Å². The van der Waals surface area contributed by atoms with E-state index >= 15 is 0 Å². The molecule has 0 saturated carbocycles. The number of nitrogens with zero attached hydrogens (tertiary/aromatic N) is 3. The first-order valence-electron chi connectivity index (χ1n) is 8.58. The normalized spacial score (nSPS) is 15.5. The molecule has 1 aromatic heterocycles. The molecule has 0 aliphatic carbocycles. The van der Waals surface area contributed by atoms with Gasteiger partial charge in [0.1, 0.15) is 0 Å². The van der Waals surface area contributed by atoms with Gasteiger partial charge in [0.05, 0.1) is 5.69 Å². The van der Waals surface area contributed by atoms with Gasteiger partial charge in [-0.2, -0.15) is 0 Å². The van der Waals surface area contributed by atoms with Crippen LogP contribution in [0.25, 0.3) is 0 Å². The molecule has 1 saturated heterocycles. The summed E-state index contributed by atoms with van der Waals surface area (Å²) in [6.45, 7) is 9.01. The fourth-order valence-corrected chi connectivity index (χ4v) is 4.18. The molecule has 0 N–H and O–H groups in total. The summed E-state index contributed by atoms with van der Waals surface area (Å²) in [5.41, 5.74) is 4.72. The van der Waals surface area contributed by atoms with Gasteiger partial charge >= 0.3 is 0 Å². The maximum absolute atomic E-state index is 11.7. The molecule has 4 nitrogen and oxygen atoms in total. The number of carbonyl (C=O) groups excluding carboxylic acids is 1. The number of aromatic nitrogens is 1. The minimum absolute atomic E-state index is 0.308. The van der Waals surface area contributed by atoms with Gasteiger partial charge in [0.25, 0.3) is 0 Å². The fraction of sp³-hybridized carbons (Fsp3) is 0.474. The van der Waals surface area contributed by atoms with Gasteiger partial charge in [-0.15, -0.1) is 11.3 Å². The minimum Gasteiger partial charge on any atom is -0.343 e. The number of likely N-dealkylation sites (tertiary alicyclic amines) is 1.